The van der Waals surface area contributed by atoms with Crippen LogP contribution in [-0.2, 0) is 13.6 Å². The van der Waals surface area contributed by atoms with Crippen molar-refractivity contribution in [3.63, 3.8) is 0 Å². The number of nitrogens with one attached hydrogen (secondary N) is 1. The summed E-state index contributed by atoms with van der Waals surface area (Å²) in [6.07, 6.45) is 1.65. The number of benzene rings is 1. The first-order valence-corrected chi connectivity index (χ1v) is 5.31. The van der Waals surface area contributed by atoms with Gasteiger partial charge in [0.1, 0.15) is 17.7 Å². The minimum atomic E-state index is -0.432. The van der Waals surface area contributed by atoms with Crippen LogP contribution in [0.15, 0.2) is 24.4 Å². The van der Waals surface area contributed by atoms with Crippen LogP contribution in [0.4, 0.5) is 15.9 Å². The van der Waals surface area contributed by atoms with Crippen LogP contribution in [0.3, 0.4) is 0 Å². The lowest BCUT2D eigenvalue weighted by Gasteiger charge is -2.07. The van der Waals surface area contributed by atoms with Crippen molar-refractivity contribution < 1.29 is 4.39 Å². The number of hydrogen-bond donors (Lipinski definition) is 2. The Balaban J connectivity index is 2.16. The summed E-state index contributed by atoms with van der Waals surface area (Å²) in [6, 6.07) is 5.96. The Labute approximate surface area is 104 Å². The fourth-order valence-corrected chi connectivity index (χ4v) is 1.58. The first kappa shape index (κ1) is 11.9. The van der Waals surface area contributed by atoms with Crippen LogP contribution in [0.25, 0.3) is 0 Å². The molecule has 2 rings (SSSR count). The van der Waals surface area contributed by atoms with Gasteiger partial charge in [-0.1, -0.05) is 0 Å². The molecule has 0 atom stereocenters. The van der Waals surface area contributed by atoms with Gasteiger partial charge in [0.2, 0.25) is 0 Å². The molecule has 0 unspecified atom stereocenters. The quantitative estimate of drug-likeness (QED) is 0.861. The van der Waals surface area contributed by atoms with Gasteiger partial charge >= 0.3 is 0 Å². The Bertz CT molecular complexity index is 611. The maximum atomic E-state index is 13.0. The summed E-state index contributed by atoms with van der Waals surface area (Å²) in [7, 11) is 1.75. The summed E-state index contributed by atoms with van der Waals surface area (Å²) in [5.74, 6) is 0.126. The van der Waals surface area contributed by atoms with E-state index in [0.29, 0.717) is 18.1 Å². The molecule has 1 aromatic carbocycles. The maximum Gasteiger partial charge on any atom is 0.126 e. The zero-order valence-corrected chi connectivity index (χ0v) is 9.81. The molecule has 0 saturated carbocycles. The molecule has 3 N–H and O–H groups in total. The smallest absolute Gasteiger partial charge is 0.126 e. The largest absolute Gasteiger partial charge is 0.384 e. The monoisotopic (exact) mass is 245 g/mol. The van der Waals surface area contributed by atoms with Crippen molar-refractivity contribution in [3.8, 4) is 6.07 Å². The van der Waals surface area contributed by atoms with Crippen LogP contribution in [0, 0.1) is 17.1 Å². The molecule has 0 radical (unpaired) electrons. The number of nitrogens with two attached hydrogens (primary N) is 1. The van der Waals surface area contributed by atoms with Crippen molar-refractivity contribution in [1.82, 2.24) is 9.78 Å². The van der Waals surface area contributed by atoms with Gasteiger partial charge in [-0.25, -0.2) is 4.39 Å². The van der Waals surface area contributed by atoms with Crippen molar-refractivity contribution in [2.24, 2.45) is 7.05 Å². The third kappa shape index (κ3) is 2.25. The van der Waals surface area contributed by atoms with Gasteiger partial charge in [0, 0.05) is 19.2 Å². The first-order valence-electron chi connectivity index (χ1n) is 5.31. The summed E-state index contributed by atoms with van der Waals surface area (Å²) in [6.45, 7) is 0.431. The summed E-state index contributed by atoms with van der Waals surface area (Å²) in [5, 5.41) is 16.0. The molecule has 6 heteroatoms. The van der Waals surface area contributed by atoms with Gasteiger partial charge in [-0.05, 0) is 18.2 Å². The molecule has 0 saturated heterocycles. The number of rotatable bonds is 3. The van der Waals surface area contributed by atoms with E-state index in [1.807, 2.05) is 6.07 Å². The highest BCUT2D eigenvalue weighted by Gasteiger charge is 2.07. The molecule has 0 aliphatic heterocycles. The van der Waals surface area contributed by atoms with Crippen LogP contribution >= 0.6 is 0 Å². The van der Waals surface area contributed by atoms with Crippen molar-refractivity contribution in [2.75, 3.05) is 11.1 Å². The number of nitriles is 1. The Hall–Kier alpha value is -2.55. The van der Waals surface area contributed by atoms with E-state index in [0.717, 1.165) is 5.56 Å². The average molecular weight is 245 g/mol. The van der Waals surface area contributed by atoms with E-state index >= 15 is 0 Å². The van der Waals surface area contributed by atoms with Crippen LogP contribution < -0.4 is 11.1 Å². The summed E-state index contributed by atoms with van der Waals surface area (Å²) >= 11 is 0. The Morgan fingerprint density at radius 3 is 2.94 bits per heavy atom. The van der Waals surface area contributed by atoms with Crippen LogP contribution in [0.2, 0.25) is 0 Å². The lowest BCUT2D eigenvalue weighted by molar-refractivity contribution is 0.627. The number of aromatic nitrogens is 2. The fourth-order valence-electron chi connectivity index (χ4n) is 1.58. The van der Waals surface area contributed by atoms with Gasteiger partial charge in [-0.2, -0.15) is 10.4 Å². The fraction of sp³-hybridized carbons (Fsp3) is 0.167. The van der Waals surface area contributed by atoms with E-state index in [1.165, 1.54) is 18.2 Å². The van der Waals surface area contributed by atoms with Gasteiger partial charge < -0.3 is 11.1 Å². The highest BCUT2D eigenvalue weighted by Crippen LogP contribution is 2.18. The molecular weight excluding hydrogens is 233 g/mol. The first-order chi connectivity index (χ1) is 8.61. The molecule has 0 aliphatic rings. The Kier molecular flexibility index (Phi) is 3.15. The van der Waals surface area contributed by atoms with E-state index in [1.54, 1.807) is 17.9 Å². The van der Waals surface area contributed by atoms with Crippen LogP contribution in [0.1, 0.15) is 11.1 Å². The highest BCUT2D eigenvalue weighted by atomic mass is 19.1. The molecule has 92 valence electrons. The van der Waals surface area contributed by atoms with Gasteiger partial charge in [0.25, 0.3) is 0 Å². The van der Waals surface area contributed by atoms with E-state index in [9.17, 15) is 4.39 Å². The highest BCUT2D eigenvalue weighted by molar-refractivity contribution is 5.58. The standard InChI is InChI=1S/C12H12FN5/c1-18-12(15)9(7-17-18)6-16-11-3-2-10(13)4-8(11)5-14/h2-4,7,16H,6,15H2,1H3. The molecule has 2 aromatic rings. The third-order valence-corrected chi connectivity index (χ3v) is 2.64. The second-order valence-electron chi connectivity index (χ2n) is 3.83. The normalized spacial score (nSPS) is 10.1. The van der Waals surface area contributed by atoms with Gasteiger partial charge in [-0.3, -0.25) is 4.68 Å². The second-order valence-corrected chi connectivity index (χ2v) is 3.83. The Morgan fingerprint density at radius 2 is 2.33 bits per heavy atom. The van der Waals surface area contributed by atoms with Crippen LogP contribution in [0.5, 0.6) is 0 Å². The predicted molar refractivity (Wildman–Crippen MR) is 66.1 cm³/mol. The lowest BCUT2D eigenvalue weighted by atomic mass is 10.2. The van der Waals surface area contributed by atoms with Gasteiger partial charge in [-0.15, -0.1) is 0 Å². The molecule has 5 nitrogen and oxygen atoms in total. The summed E-state index contributed by atoms with van der Waals surface area (Å²) < 4.78 is 14.5. The zero-order valence-electron chi connectivity index (χ0n) is 9.81. The topological polar surface area (TPSA) is 79.7 Å². The van der Waals surface area contributed by atoms with Crippen molar-refractivity contribution >= 4 is 11.5 Å². The Morgan fingerprint density at radius 1 is 1.56 bits per heavy atom. The number of anilines is 2. The SMILES string of the molecule is Cn1ncc(CNc2ccc(F)cc2C#N)c1N. The molecule has 1 heterocycles. The molecule has 0 fully saturated rings. The minimum Gasteiger partial charge on any atom is -0.384 e. The average Bonchev–Trinajstić information content (AvgIpc) is 2.68. The van der Waals surface area contributed by atoms with E-state index in [4.69, 9.17) is 11.0 Å². The maximum absolute atomic E-state index is 13.0. The minimum absolute atomic E-state index is 0.262. The molecule has 0 spiro atoms. The van der Waals surface area contributed by atoms with E-state index in [2.05, 4.69) is 10.4 Å². The molecular formula is C12H12FN5. The summed E-state index contributed by atoms with van der Waals surface area (Å²) in [5.41, 5.74) is 7.45. The molecule has 0 amide bonds. The van der Waals surface area contributed by atoms with Gasteiger partial charge in [0.05, 0.1) is 17.4 Å². The third-order valence-electron chi connectivity index (χ3n) is 2.64. The molecule has 1 aromatic heterocycles. The lowest BCUT2D eigenvalue weighted by Crippen LogP contribution is -2.05. The number of halogens is 1. The van der Waals surface area contributed by atoms with E-state index < -0.39 is 5.82 Å². The van der Waals surface area contributed by atoms with Crippen molar-refractivity contribution in [1.29, 1.82) is 5.26 Å². The van der Waals surface area contributed by atoms with Crippen molar-refractivity contribution in [3.05, 3.63) is 41.3 Å². The molecule has 0 bridgehead atoms. The summed E-state index contributed by atoms with van der Waals surface area (Å²) in [4.78, 5) is 0. The van der Waals surface area contributed by atoms with Gasteiger partial charge in [0.15, 0.2) is 0 Å². The number of hydrogen-bond acceptors (Lipinski definition) is 4. The number of aryl methyl sites for hydroxylation is 1. The predicted octanol–water partition coefficient (Wildman–Crippen LogP) is 1.63. The number of nitrogen functional groups attached to an aromatic ring is 1. The zero-order chi connectivity index (χ0) is 13.1. The molecule has 0 aliphatic carbocycles. The molecule has 18 heavy (non-hydrogen) atoms. The van der Waals surface area contributed by atoms with E-state index in [-0.39, 0.29) is 5.56 Å². The van der Waals surface area contributed by atoms with Crippen LogP contribution in [-0.4, -0.2) is 9.78 Å². The number of nitrogens with zero attached hydrogens (tertiary/aromatic N) is 3. The van der Waals surface area contributed by atoms with Crippen molar-refractivity contribution in [2.45, 2.75) is 6.54 Å². The second kappa shape index (κ2) is 4.75.